The normalized spacial score (nSPS) is 17.6. The van der Waals surface area contributed by atoms with E-state index in [1.165, 1.54) is 17.5 Å². The molecule has 3 heterocycles. The first kappa shape index (κ1) is 18.7. The van der Waals surface area contributed by atoms with Crippen LogP contribution in [-0.2, 0) is 23.0 Å². The monoisotopic (exact) mass is 382 g/mol. The maximum atomic E-state index is 13.2. The second-order valence-electron chi connectivity index (χ2n) is 7.72. The van der Waals surface area contributed by atoms with E-state index in [-0.39, 0.29) is 11.9 Å². The Kier molecular flexibility index (Phi) is 4.93. The SMILES string of the molecule is Cc1cc2occ(CC(=O)N3CCOCC3c3ncnn3C)c2cc1C(C)C. The highest BCUT2D eigenvalue weighted by atomic mass is 16.5. The fraction of sp³-hybridized carbons (Fsp3) is 0.476. The predicted octanol–water partition coefficient (Wildman–Crippen LogP) is 3.14. The van der Waals surface area contributed by atoms with Gasteiger partial charge in [0.25, 0.3) is 0 Å². The number of fused-ring (bicyclic) bond motifs is 1. The van der Waals surface area contributed by atoms with Crippen LogP contribution in [0, 0.1) is 6.92 Å². The summed E-state index contributed by atoms with van der Waals surface area (Å²) in [6, 6.07) is 4.01. The van der Waals surface area contributed by atoms with E-state index in [9.17, 15) is 4.79 Å². The molecule has 0 N–H and O–H groups in total. The van der Waals surface area contributed by atoms with Crippen LogP contribution in [0.3, 0.4) is 0 Å². The minimum atomic E-state index is -0.222. The lowest BCUT2D eigenvalue weighted by atomic mass is 9.95. The minimum Gasteiger partial charge on any atom is -0.464 e. The van der Waals surface area contributed by atoms with Crippen LogP contribution in [-0.4, -0.2) is 45.3 Å². The Bertz CT molecular complexity index is 1000. The molecule has 0 bridgehead atoms. The first-order valence-corrected chi connectivity index (χ1v) is 9.67. The van der Waals surface area contributed by atoms with Gasteiger partial charge in [-0.05, 0) is 36.1 Å². The molecule has 1 aromatic carbocycles. The number of aryl methyl sites for hydroxylation is 2. The summed E-state index contributed by atoms with van der Waals surface area (Å²) < 4.78 is 13.1. The lowest BCUT2D eigenvalue weighted by molar-refractivity contribution is -0.139. The zero-order chi connectivity index (χ0) is 19.8. The number of morpholine rings is 1. The molecule has 1 unspecified atom stereocenters. The molecule has 4 rings (SSSR count). The maximum absolute atomic E-state index is 13.2. The van der Waals surface area contributed by atoms with Crippen molar-refractivity contribution < 1.29 is 13.9 Å². The molecule has 0 radical (unpaired) electrons. The zero-order valence-electron chi connectivity index (χ0n) is 16.8. The van der Waals surface area contributed by atoms with Crippen LogP contribution in [0.1, 0.15) is 48.3 Å². The summed E-state index contributed by atoms with van der Waals surface area (Å²) in [4.78, 5) is 19.4. The summed E-state index contributed by atoms with van der Waals surface area (Å²) in [7, 11) is 1.83. The molecular weight excluding hydrogens is 356 g/mol. The molecule has 28 heavy (non-hydrogen) atoms. The van der Waals surface area contributed by atoms with Crippen molar-refractivity contribution in [1.82, 2.24) is 19.7 Å². The third-order valence-corrected chi connectivity index (χ3v) is 5.50. The standard InChI is InChI=1S/C21H26N4O3/c1-13(2)16-9-17-15(10-28-19(17)7-14(16)3)8-20(26)25-5-6-27-11-18(25)21-22-12-23-24(21)4/h7,9-10,12-13,18H,5-6,8,11H2,1-4H3. The number of hydrogen-bond acceptors (Lipinski definition) is 5. The summed E-state index contributed by atoms with van der Waals surface area (Å²) in [5.74, 6) is 1.20. The van der Waals surface area contributed by atoms with Crippen LogP contribution in [0.4, 0.5) is 0 Å². The van der Waals surface area contributed by atoms with E-state index < -0.39 is 0 Å². The van der Waals surface area contributed by atoms with E-state index in [0.29, 0.717) is 32.1 Å². The number of nitrogens with zero attached hydrogens (tertiary/aromatic N) is 4. The Morgan fingerprint density at radius 2 is 2.18 bits per heavy atom. The Hall–Kier alpha value is -2.67. The molecule has 7 heteroatoms. The number of rotatable bonds is 4. The van der Waals surface area contributed by atoms with Gasteiger partial charge in [-0.15, -0.1) is 0 Å². The predicted molar refractivity (Wildman–Crippen MR) is 105 cm³/mol. The van der Waals surface area contributed by atoms with E-state index >= 15 is 0 Å². The molecule has 0 spiro atoms. The minimum absolute atomic E-state index is 0.0469. The van der Waals surface area contributed by atoms with Gasteiger partial charge in [-0.1, -0.05) is 13.8 Å². The van der Waals surface area contributed by atoms with Crippen molar-refractivity contribution in [3.05, 3.63) is 47.2 Å². The molecule has 3 aromatic rings. The smallest absolute Gasteiger partial charge is 0.227 e. The number of furan rings is 1. The molecule has 2 aromatic heterocycles. The van der Waals surface area contributed by atoms with Gasteiger partial charge in [0.2, 0.25) is 5.91 Å². The Balaban J connectivity index is 1.62. The molecule has 0 aliphatic carbocycles. The van der Waals surface area contributed by atoms with Crippen LogP contribution >= 0.6 is 0 Å². The molecule has 1 aliphatic heterocycles. The molecule has 7 nitrogen and oxygen atoms in total. The van der Waals surface area contributed by atoms with Crippen LogP contribution < -0.4 is 0 Å². The molecule has 1 aliphatic rings. The average molecular weight is 382 g/mol. The van der Waals surface area contributed by atoms with Crippen molar-refractivity contribution in [3.8, 4) is 0 Å². The summed E-state index contributed by atoms with van der Waals surface area (Å²) in [5.41, 5.74) is 4.25. The molecule has 1 fully saturated rings. The number of amides is 1. The van der Waals surface area contributed by atoms with Crippen LogP contribution in [0.2, 0.25) is 0 Å². The topological polar surface area (TPSA) is 73.4 Å². The largest absolute Gasteiger partial charge is 0.464 e. The number of hydrogen-bond donors (Lipinski definition) is 0. The number of aromatic nitrogens is 3. The maximum Gasteiger partial charge on any atom is 0.227 e. The van der Waals surface area contributed by atoms with Crippen LogP contribution in [0.25, 0.3) is 11.0 Å². The second-order valence-corrected chi connectivity index (χ2v) is 7.72. The summed E-state index contributed by atoms with van der Waals surface area (Å²) in [5, 5.41) is 5.15. The van der Waals surface area contributed by atoms with E-state index in [1.807, 2.05) is 11.9 Å². The molecule has 1 amide bonds. The van der Waals surface area contributed by atoms with Gasteiger partial charge in [0, 0.05) is 24.5 Å². The average Bonchev–Trinajstić information content (AvgIpc) is 3.26. The van der Waals surface area contributed by atoms with Crippen molar-refractivity contribution in [1.29, 1.82) is 0 Å². The highest BCUT2D eigenvalue weighted by Gasteiger charge is 2.32. The second kappa shape index (κ2) is 7.39. The van der Waals surface area contributed by atoms with E-state index in [0.717, 1.165) is 22.4 Å². The van der Waals surface area contributed by atoms with Gasteiger partial charge in [-0.2, -0.15) is 5.10 Å². The van der Waals surface area contributed by atoms with Crippen LogP contribution in [0.5, 0.6) is 0 Å². The molecular formula is C21H26N4O3. The highest BCUT2D eigenvalue weighted by Crippen LogP contribution is 2.30. The van der Waals surface area contributed by atoms with Gasteiger partial charge in [-0.25, -0.2) is 4.98 Å². The van der Waals surface area contributed by atoms with Crippen molar-refractivity contribution in [2.75, 3.05) is 19.8 Å². The first-order chi connectivity index (χ1) is 13.5. The quantitative estimate of drug-likeness (QED) is 0.693. The fourth-order valence-electron chi connectivity index (χ4n) is 3.99. The lowest BCUT2D eigenvalue weighted by Crippen LogP contribution is -2.45. The molecule has 148 valence electrons. The van der Waals surface area contributed by atoms with Crippen molar-refractivity contribution in [2.24, 2.45) is 7.05 Å². The summed E-state index contributed by atoms with van der Waals surface area (Å²) >= 11 is 0. The highest BCUT2D eigenvalue weighted by molar-refractivity contribution is 5.88. The summed E-state index contributed by atoms with van der Waals surface area (Å²) in [6.07, 6.45) is 3.51. The Labute approximate surface area is 164 Å². The van der Waals surface area contributed by atoms with E-state index in [4.69, 9.17) is 9.15 Å². The van der Waals surface area contributed by atoms with Gasteiger partial charge in [-0.3, -0.25) is 9.48 Å². The van der Waals surface area contributed by atoms with E-state index in [2.05, 4.69) is 43.0 Å². The van der Waals surface area contributed by atoms with Gasteiger partial charge >= 0.3 is 0 Å². The zero-order valence-corrected chi connectivity index (χ0v) is 16.8. The van der Waals surface area contributed by atoms with Gasteiger partial charge in [0.15, 0.2) is 5.82 Å². The van der Waals surface area contributed by atoms with Crippen molar-refractivity contribution in [2.45, 2.75) is 39.2 Å². The third kappa shape index (κ3) is 3.30. The Morgan fingerprint density at radius 1 is 1.36 bits per heavy atom. The van der Waals surface area contributed by atoms with Gasteiger partial charge in [0.05, 0.1) is 25.9 Å². The van der Waals surface area contributed by atoms with Gasteiger partial charge in [0.1, 0.15) is 18.0 Å². The third-order valence-electron chi connectivity index (χ3n) is 5.50. The number of carbonyl (C=O) groups is 1. The number of carbonyl (C=O) groups excluding carboxylic acids is 1. The molecule has 1 saturated heterocycles. The summed E-state index contributed by atoms with van der Waals surface area (Å²) in [6.45, 7) is 7.96. The first-order valence-electron chi connectivity index (χ1n) is 9.67. The number of ether oxygens (including phenoxy) is 1. The van der Waals surface area contributed by atoms with Crippen LogP contribution in [0.15, 0.2) is 29.1 Å². The van der Waals surface area contributed by atoms with E-state index in [1.54, 1.807) is 10.9 Å². The molecule has 1 atom stereocenters. The lowest BCUT2D eigenvalue weighted by Gasteiger charge is -2.34. The van der Waals surface area contributed by atoms with Crippen molar-refractivity contribution >= 4 is 16.9 Å². The Morgan fingerprint density at radius 3 is 2.89 bits per heavy atom. The van der Waals surface area contributed by atoms with Crippen molar-refractivity contribution in [3.63, 3.8) is 0 Å². The molecule has 0 saturated carbocycles. The fourth-order valence-corrected chi connectivity index (χ4v) is 3.99. The van der Waals surface area contributed by atoms with Gasteiger partial charge < -0.3 is 14.1 Å². The number of benzene rings is 1.